The van der Waals surface area contributed by atoms with Gasteiger partial charge in [-0.25, -0.2) is 4.98 Å². The van der Waals surface area contributed by atoms with Gasteiger partial charge in [-0.3, -0.25) is 0 Å². The molecule has 3 nitrogen and oxygen atoms in total. The lowest BCUT2D eigenvalue weighted by molar-refractivity contribution is 0.327. The standard InChI is InChI=1S/C15H22N2O/c1-2-18-15-11-10-14(12-16-15)17-13-8-6-4-3-5-7-9-13/h6,8,10-13,17H,2-5,7,9H2,1H3/b8-6+. The first-order valence-corrected chi connectivity index (χ1v) is 6.90. The Bertz CT molecular complexity index is 373. The zero-order chi connectivity index (χ0) is 12.6. The molecule has 1 atom stereocenters. The van der Waals surface area contributed by atoms with Crippen molar-refractivity contribution in [3.05, 3.63) is 30.5 Å². The molecule has 0 spiro atoms. The first kappa shape index (κ1) is 12.9. The lowest BCUT2D eigenvalue weighted by Crippen LogP contribution is -2.17. The highest BCUT2D eigenvalue weighted by Gasteiger charge is 2.07. The highest BCUT2D eigenvalue weighted by molar-refractivity contribution is 5.44. The summed E-state index contributed by atoms with van der Waals surface area (Å²) < 4.78 is 5.33. The van der Waals surface area contributed by atoms with Crippen LogP contribution in [-0.2, 0) is 0 Å². The van der Waals surface area contributed by atoms with Gasteiger partial charge in [0.1, 0.15) is 0 Å². The first-order valence-electron chi connectivity index (χ1n) is 6.90. The molecule has 1 N–H and O–H groups in total. The quantitative estimate of drug-likeness (QED) is 0.821. The van der Waals surface area contributed by atoms with Gasteiger partial charge in [-0.05, 0) is 32.3 Å². The van der Waals surface area contributed by atoms with Crippen LogP contribution in [0.15, 0.2) is 30.5 Å². The van der Waals surface area contributed by atoms with Crippen LogP contribution in [0.4, 0.5) is 5.69 Å². The van der Waals surface area contributed by atoms with Crippen molar-refractivity contribution in [2.75, 3.05) is 11.9 Å². The van der Waals surface area contributed by atoms with E-state index in [4.69, 9.17) is 4.74 Å². The Morgan fingerprint density at radius 3 is 3.06 bits per heavy atom. The summed E-state index contributed by atoms with van der Waals surface area (Å²) in [5, 5.41) is 3.51. The molecule has 1 aromatic rings. The number of hydrogen-bond donors (Lipinski definition) is 1. The van der Waals surface area contributed by atoms with Crippen molar-refractivity contribution in [2.45, 2.75) is 45.1 Å². The lowest BCUT2D eigenvalue weighted by atomic mass is 10.0. The minimum Gasteiger partial charge on any atom is -0.478 e. The van der Waals surface area contributed by atoms with E-state index < -0.39 is 0 Å². The molecule has 2 rings (SSSR count). The number of aromatic nitrogens is 1. The van der Waals surface area contributed by atoms with Crippen molar-refractivity contribution in [1.29, 1.82) is 0 Å². The van der Waals surface area contributed by atoms with E-state index in [0.29, 0.717) is 18.5 Å². The van der Waals surface area contributed by atoms with Gasteiger partial charge in [-0.2, -0.15) is 0 Å². The number of nitrogens with one attached hydrogen (secondary N) is 1. The largest absolute Gasteiger partial charge is 0.478 e. The summed E-state index contributed by atoms with van der Waals surface area (Å²) in [5.41, 5.74) is 1.06. The van der Waals surface area contributed by atoms with Crippen LogP contribution in [0.3, 0.4) is 0 Å². The van der Waals surface area contributed by atoms with Crippen LogP contribution in [0.5, 0.6) is 5.88 Å². The smallest absolute Gasteiger partial charge is 0.213 e. The lowest BCUT2D eigenvalue weighted by Gasteiger charge is -2.18. The van der Waals surface area contributed by atoms with E-state index in [1.54, 1.807) is 0 Å². The van der Waals surface area contributed by atoms with Crippen LogP contribution in [0, 0.1) is 0 Å². The summed E-state index contributed by atoms with van der Waals surface area (Å²) in [6.07, 6.45) is 12.8. The molecule has 0 aromatic carbocycles. The normalized spacial score (nSPS) is 21.7. The molecule has 0 radical (unpaired) electrons. The summed E-state index contributed by atoms with van der Waals surface area (Å²) in [7, 11) is 0. The SMILES string of the molecule is CCOc1ccc(NC2/C=C/CCCCC2)cn1. The molecule has 1 aliphatic carbocycles. The van der Waals surface area contributed by atoms with Crippen LogP contribution in [-0.4, -0.2) is 17.6 Å². The number of pyridine rings is 1. The monoisotopic (exact) mass is 246 g/mol. The Hall–Kier alpha value is -1.51. The van der Waals surface area contributed by atoms with Crippen molar-refractivity contribution in [1.82, 2.24) is 4.98 Å². The summed E-state index contributed by atoms with van der Waals surface area (Å²) in [4.78, 5) is 4.27. The number of hydrogen-bond acceptors (Lipinski definition) is 3. The molecule has 0 bridgehead atoms. The second-order valence-electron chi connectivity index (χ2n) is 4.64. The molecule has 0 saturated carbocycles. The van der Waals surface area contributed by atoms with Crippen LogP contribution >= 0.6 is 0 Å². The fourth-order valence-electron chi connectivity index (χ4n) is 2.19. The Morgan fingerprint density at radius 1 is 1.33 bits per heavy atom. The molecule has 0 amide bonds. The molecule has 18 heavy (non-hydrogen) atoms. The topological polar surface area (TPSA) is 34.1 Å². The second-order valence-corrected chi connectivity index (χ2v) is 4.64. The molecular weight excluding hydrogens is 224 g/mol. The highest BCUT2D eigenvalue weighted by Crippen LogP contribution is 2.17. The number of allylic oxidation sites excluding steroid dienone is 1. The second kappa shape index (κ2) is 7.04. The third kappa shape index (κ3) is 4.06. The minimum absolute atomic E-state index is 0.435. The maximum atomic E-state index is 5.33. The predicted octanol–water partition coefficient (Wildman–Crippen LogP) is 3.78. The molecule has 1 aliphatic rings. The predicted molar refractivity (Wildman–Crippen MR) is 75.0 cm³/mol. The van der Waals surface area contributed by atoms with Gasteiger partial charge in [-0.15, -0.1) is 0 Å². The Kier molecular flexibility index (Phi) is 5.06. The number of nitrogens with zero attached hydrogens (tertiary/aromatic N) is 1. The molecule has 1 unspecified atom stereocenters. The maximum Gasteiger partial charge on any atom is 0.213 e. The Morgan fingerprint density at radius 2 is 2.28 bits per heavy atom. The summed E-state index contributed by atoms with van der Waals surface area (Å²) in [5.74, 6) is 0.691. The third-order valence-electron chi connectivity index (χ3n) is 3.13. The molecule has 1 aromatic heterocycles. The van der Waals surface area contributed by atoms with Crippen LogP contribution in [0.25, 0.3) is 0 Å². The fraction of sp³-hybridized carbons (Fsp3) is 0.533. The van der Waals surface area contributed by atoms with Gasteiger partial charge in [-0.1, -0.05) is 25.0 Å². The van der Waals surface area contributed by atoms with Crippen molar-refractivity contribution in [3.8, 4) is 5.88 Å². The molecular formula is C15H22N2O. The van der Waals surface area contributed by atoms with E-state index >= 15 is 0 Å². The summed E-state index contributed by atoms with van der Waals surface area (Å²) in [6, 6.07) is 4.38. The van der Waals surface area contributed by atoms with Gasteiger partial charge in [0, 0.05) is 12.1 Å². The molecule has 98 valence electrons. The number of anilines is 1. The highest BCUT2D eigenvalue weighted by atomic mass is 16.5. The molecule has 3 heteroatoms. The van der Waals surface area contributed by atoms with E-state index in [0.717, 1.165) is 5.69 Å². The molecule has 0 aliphatic heterocycles. The van der Waals surface area contributed by atoms with Gasteiger partial charge in [0.2, 0.25) is 5.88 Å². The van der Waals surface area contributed by atoms with Crippen molar-refractivity contribution < 1.29 is 4.74 Å². The summed E-state index contributed by atoms with van der Waals surface area (Å²) in [6.45, 7) is 2.62. The third-order valence-corrected chi connectivity index (χ3v) is 3.13. The zero-order valence-electron chi connectivity index (χ0n) is 11.1. The van der Waals surface area contributed by atoms with Gasteiger partial charge >= 0.3 is 0 Å². The Labute approximate surface area is 109 Å². The van der Waals surface area contributed by atoms with Gasteiger partial charge in [0.15, 0.2) is 0 Å². The zero-order valence-corrected chi connectivity index (χ0v) is 11.1. The minimum atomic E-state index is 0.435. The van der Waals surface area contributed by atoms with Crippen LogP contribution < -0.4 is 10.1 Å². The van der Waals surface area contributed by atoms with Crippen LogP contribution in [0.1, 0.15) is 39.0 Å². The summed E-state index contributed by atoms with van der Waals surface area (Å²) >= 11 is 0. The average molecular weight is 246 g/mol. The number of ether oxygens (including phenoxy) is 1. The maximum absolute atomic E-state index is 5.33. The van der Waals surface area contributed by atoms with Gasteiger partial charge in [0.05, 0.1) is 18.5 Å². The molecule has 1 heterocycles. The van der Waals surface area contributed by atoms with Crippen molar-refractivity contribution >= 4 is 5.69 Å². The average Bonchev–Trinajstić information content (AvgIpc) is 2.35. The first-order chi connectivity index (χ1) is 8.88. The van der Waals surface area contributed by atoms with Crippen molar-refractivity contribution in [3.63, 3.8) is 0 Å². The van der Waals surface area contributed by atoms with E-state index in [-0.39, 0.29) is 0 Å². The Balaban J connectivity index is 1.92. The van der Waals surface area contributed by atoms with Gasteiger partial charge in [0.25, 0.3) is 0 Å². The van der Waals surface area contributed by atoms with E-state index in [9.17, 15) is 0 Å². The van der Waals surface area contributed by atoms with Crippen molar-refractivity contribution in [2.24, 2.45) is 0 Å². The van der Waals surface area contributed by atoms with E-state index in [1.165, 1.54) is 32.1 Å². The van der Waals surface area contributed by atoms with Gasteiger partial charge < -0.3 is 10.1 Å². The fourth-order valence-corrected chi connectivity index (χ4v) is 2.19. The molecule has 0 saturated heterocycles. The van der Waals surface area contributed by atoms with E-state index in [2.05, 4.69) is 22.5 Å². The molecule has 0 fully saturated rings. The number of rotatable bonds is 4. The van der Waals surface area contributed by atoms with Crippen LogP contribution in [0.2, 0.25) is 0 Å². The van der Waals surface area contributed by atoms with E-state index in [1.807, 2.05) is 25.3 Å².